The molecule has 0 spiro atoms. The van der Waals surface area contributed by atoms with Crippen LogP contribution in [0.4, 0.5) is 0 Å². The summed E-state index contributed by atoms with van der Waals surface area (Å²) in [7, 11) is 0. The molecule has 0 atom stereocenters. The zero-order valence-electron chi connectivity index (χ0n) is 43.9. The van der Waals surface area contributed by atoms with Gasteiger partial charge in [-0.15, -0.1) is 11.3 Å². The Labute approximate surface area is 348 Å². The van der Waals surface area contributed by atoms with Gasteiger partial charge in [0, 0.05) is 47.6 Å². The first-order valence-corrected chi connectivity index (χ1v) is 18.3. The van der Waals surface area contributed by atoms with Crippen LogP contribution < -0.4 is 0 Å². The number of aromatic nitrogens is 3. The fourth-order valence-corrected chi connectivity index (χ4v) is 7.76. The van der Waals surface area contributed by atoms with Crippen molar-refractivity contribution in [2.24, 2.45) is 0 Å². The molecule has 0 unspecified atom stereocenters. The SMILES string of the molecule is [2H]c1c([2H])c([2H])c(-c2c([2H])c([2H])c(-c3c([2H])c([2H])c([2H])c4sc5c([2H])c(-c6nc(-c7ccc(-c8ccccc8)cc7)nc(-c7ccc8oc9ccccc9c8c7)n6)c([2H])c([2H])c5c34)c([2H])c2[2H])c([2H])c1[2H]. The molecule has 11 aromatic rings. The molecule has 0 amide bonds. The summed E-state index contributed by atoms with van der Waals surface area (Å²) in [6.07, 6.45) is 0. The van der Waals surface area contributed by atoms with Gasteiger partial charge in [-0.2, -0.15) is 0 Å². The van der Waals surface area contributed by atoms with Crippen LogP contribution in [0.15, 0.2) is 192 Å². The number of thiophene rings is 1. The number of hydrogen-bond donors (Lipinski definition) is 0. The van der Waals surface area contributed by atoms with E-state index in [1.807, 2.05) is 84.9 Å². The van der Waals surface area contributed by atoms with E-state index in [-0.39, 0.29) is 54.8 Å². The average Bonchev–Trinajstić information content (AvgIpc) is 3.97. The van der Waals surface area contributed by atoms with Crippen LogP contribution in [0.2, 0.25) is 0 Å². The number of nitrogens with zero attached hydrogens (tertiary/aromatic N) is 3. The molecule has 0 saturated heterocycles. The third kappa shape index (κ3) is 5.65. The van der Waals surface area contributed by atoms with Crippen LogP contribution in [0.5, 0.6) is 0 Å². The van der Waals surface area contributed by atoms with Gasteiger partial charge in [-0.05, 0) is 69.7 Å². The standard InChI is InChI=1S/C51H31N3OS/c1-3-10-32(11-4-1)34-18-22-36(23-19-34)40-15-9-17-46-48(40)42-28-26-39(31-47(42)56-46)51-53-49(37-24-20-35(21-25-37)33-12-5-2-6-13-33)52-50(54-51)38-27-29-45-43(30-38)41-14-7-8-16-44(41)55-45/h1-31H/i1D,3D,4D,9D,10D,11D,15D,17D,18D,19D,22D,23D,26D,28D,31D. The Morgan fingerprint density at radius 3 is 1.86 bits per heavy atom. The lowest BCUT2D eigenvalue weighted by atomic mass is 9.97. The second-order valence-corrected chi connectivity index (χ2v) is 13.8. The van der Waals surface area contributed by atoms with E-state index < -0.39 is 101 Å². The average molecular weight is 749 g/mol. The van der Waals surface area contributed by atoms with Gasteiger partial charge in [0.25, 0.3) is 0 Å². The first kappa shape index (κ1) is 20.5. The smallest absolute Gasteiger partial charge is 0.164 e. The van der Waals surface area contributed by atoms with Crippen molar-refractivity contribution >= 4 is 53.4 Å². The summed E-state index contributed by atoms with van der Waals surface area (Å²) in [4.78, 5) is 14.6. The molecule has 0 radical (unpaired) electrons. The summed E-state index contributed by atoms with van der Waals surface area (Å²) < 4.78 is 140. The van der Waals surface area contributed by atoms with Crippen molar-refractivity contribution in [2.75, 3.05) is 0 Å². The minimum Gasteiger partial charge on any atom is -0.456 e. The molecule has 0 bridgehead atoms. The van der Waals surface area contributed by atoms with Crippen LogP contribution in [-0.2, 0) is 0 Å². The molecule has 11 rings (SSSR count). The van der Waals surface area contributed by atoms with E-state index in [0.717, 1.165) is 33.2 Å². The van der Waals surface area contributed by atoms with Gasteiger partial charge in [0.05, 0.1) is 20.6 Å². The Kier molecular flexibility index (Phi) is 4.85. The fourth-order valence-electron chi connectivity index (χ4n) is 6.74. The van der Waals surface area contributed by atoms with Gasteiger partial charge in [-0.3, -0.25) is 0 Å². The Morgan fingerprint density at radius 2 is 1.04 bits per heavy atom. The Morgan fingerprint density at radius 1 is 0.411 bits per heavy atom. The maximum Gasteiger partial charge on any atom is 0.164 e. The van der Waals surface area contributed by atoms with Crippen molar-refractivity contribution in [3.05, 3.63) is 188 Å². The number of furan rings is 1. The van der Waals surface area contributed by atoms with Crippen molar-refractivity contribution in [3.63, 3.8) is 0 Å². The predicted molar refractivity (Wildman–Crippen MR) is 233 cm³/mol. The molecular weight excluding hydrogens is 703 g/mol. The molecule has 3 aromatic heterocycles. The van der Waals surface area contributed by atoms with E-state index in [1.165, 1.54) is 0 Å². The molecule has 5 heteroatoms. The quantitative estimate of drug-likeness (QED) is 0.170. The van der Waals surface area contributed by atoms with Gasteiger partial charge in [-0.25, -0.2) is 15.0 Å². The first-order chi connectivity index (χ1) is 34.0. The van der Waals surface area contributed by atoms with Gasteiger partial charge >= 0.3 is 0 Å². The van der Waals surface area contributed by atoms with Crippen LogP contribution in [0.25, 0.3) is 110 Å². The fraction of sp³-hybridized carbons (Fsp3) is 0. The first-order valence-electron chi connectivity index (χ1n) is 25.0. The second kappa shape index (κ2) is 13.3. The van der Waals surface area contributed by atoms with Gasteiger partial charge in [0.2, 0.25) is 0 Å². The molecule has 0 aliphatic carbocycles. The highest BCUT2D eigenvalue weighted by molar-refractivity contribution is 7.26. The van der Waals surface area contributed by atoms with Crippen molar-refractivity contribution in [3.8, 4) is 67.5 Å². The lowest BCUT2D eigenvalue weighted by Crippen LogP contribution is -2.00. The lowest BCUT2D eigenvalue weighted by Gasteiger charge is -2.10. The molecule has 8 aromatic carbocycles. The van der Waals surface area contributed by atoms with Crippen molar-refractivity contribution in [2.45, 2.75) is 0 Å². The minimum atomic E-state index is -0.805. The maximum absolute atomic E-state index is 9.74. The Bertz CT molecular complexity index is 4060. The van der Waals surface area contributed by atoms with Gasteiger partial charge in [0.15, 0.2) is 17.5 Å². The summed E-state index contributed by atoms with van der Waals surface area (Å²) in [5.74, 6) is 0.274. The molecule has 56 heavy (non-hydrogen) atoms. The number of rotatable bonds is 6. The monoisotopic (exact) mass is 748 g/mol. The minimum absolute atomic E-state index is 0.0303. The van der Waals surface area contributed by atoms with Crippen molar-refractivity contribution in [1.82, 2.24) is 15.0 Å². The van der Waals surface area contributed by atoms with Crippen molar-refractivity contribution in [1.29, 1.82) is 0 Å². The summed E-state index contributed by atoms with van der Waals surface area (Å²) in [5.41, 5.74) is 2.19. The molecule has 0 aliphatic rings. The zero-order chi connectivity index (χ0) is 50.1. The zero-order valence-corrected chi connectivity index (χ0v) is 29.7. The van der Waals surface area contributed by atoms with E-state index in [1.54, 1.807) is 12.1 Å². The molecule has 0 saturated carbocycles. The van der Waals surface area contributed by atoms with Crippen LogP contribution >= 0.6 is 11.3 Å². The lowest BCUT2D eigenvalue weighted by molar-refractivity contribution is 0.669. The molecule has 0 fully saturated rings. The van der Waals surface area contributed by atoms with E-state index in [9.17, 15) is 8.22 Å². The Balaban J connectivity index is 1.15. The predicted octanol–water partition coefficient (Wildman–Crippen LogP) is 14.1. The molecule has 0 N–H and O–H groups in total. The van der Waals surface area contributed by atoms with Crippen LogP contribution in [0.1, 0.15) is 20.6 Å². The highest BCUT2D eigenvalue weighted by Gasteiger charge is 2.17. The van der Waals surface area contributed by atoms with Crippen LogP contribution in [-0.4, -0.2) is 15.0 Å². The normalized spacial score (nSPS) is 15.3. The van der Waals surface area contributed by atoms with Gasteiger partial charge < -0.3 is 4.42 Å². The molecule has 3 heterocycles. The molecule has 262 valence electrons. The molecule has 0 aliphatic heterocycles. The van der Waals surface area contributed by atoms with Crippen LogP contribution in [0, 0.1) is 0 Å². The number of benzene rings is 8. The van der Waals surface area contributed by atoms with E-state index in [0.29, 0.717) is 22.3 Å². The number of hydrogen-bond acceptors (Lipinski definition) is 5. The van der Waals surface area contributed by atoms with E-state index in [2.05, 4.69) is 0 Å². The number of para-hydroxylation sites is 1. The summed E-state index contributed by atoms with van der Waals surface area (Å²) in [6, 6.07) is 20.3. The summed E-state index contributed by atoms with van der Waals surface area (Å²) >= 11 is 0.823. The Hall–Kier alpha value is -7.21. The van der Waals surface area contributed by atoms with Gasteiger partial charge in [-0.1, -0.05) is 151 Å². The summed E-state index contributed by atoms with van der Waals surface area (Å²) in [6.45, 7) is 0. The van der Waals surface area contributed by atoms with Crippen LogP contribution in [0.3, 0.4) is 0 Å². The highest BCUT2D eigenvalue weighted by Crippen LogP contribution is 2.42. The van der Waals surface area contributed by atoms with Crippen molar-refractivity contribution < 1.29 is 25.0 Å². The third-order valence-electron chi connectivity index (χ3n) is 9.44. The summed E-state index contributed by atoms with van der Waals surface area (Å²) in [5, 5.41) is 1.42. The largest absolute Gasteiger partial charge is 0.456 e. The molecule has 4 nitrogen and oxygen atoms in total. The van der Waals surface area contributed by atoms with E-state index in [4.69, 9.17) is 31.7 Å². The second-order valence-electron chi connectivity index (χ2n) is 12.8. The molecular formula is C51H31N3OS. The third-order valence-corrected chi connectivity index (χ3v) is 10.5. The number of fused-ring (bicyclic) bond motifs is 6. The van der Waals surface area contributed by atoms with Gasteiger partial charge in [0.1, 0.15) is 11.2 Å². The topological polar surface area (TPSA) is 51.8 Å². The highest BCUT2D eigenvalue weighted by atomic mass is 32.1. The maximum atomic E-state index is 9.74. The van der Waals surface area contributed by atoms with E-state index >= 15 is 0 Å².